The molecule has 5 nitrogen and oxygen atoms in total. The molecule has 2 saturated heterocycles. The van der Waals surface area contributed by atoms with Gasteiger partial charge < -0.3 is 5.32 Å². The normalized spacial score (nSPS) is 34.1. The third-order valence-corrected chi connectivity index (χ3v) is 5.69. The Bertz CT molecular complexity index is 433. The molecule has 2 N–H and O–H groups in total. The molecule has 0 radical (unpaired) electrons. The molecule has 23 heavy (non-hydrogen) atoms. The second-order valence-corrected chi connectivity index (χ2v) is 9.61. The summed E-state index contributed by atoms with van der Waals surface area (Å²) in [6.45, 7) is 14.3. The number of hydrazine groups is 1. The Hall–Kier alpha value is -0.360. The van der Waals surface area contributed by atoms with Gasteiger partial charge in [-0.1, -0.05) is 20.8 Å². The number of nitrogens with zero attached hydrogens (tertiary/aromatic N) is 2. The number of hydrogen-bond donors (Lipinski definition) is 2. The van der Waals surface area contributed by atoms with Crippen LogP contribution in [0.15, 0.2) is 0 Å². The third kappa shape index (κ3) is 4.38. The highest BCUT2D eigenvalue weighted by Gasteiger charge is 2.46. The van der Waals surface area contributed by atoms with E-state index in [1.54, 1.807) is 0 Å². The molecule has 0 aromatic heterocycles. The van der Waals surface area contributed by atoms with Crippen LogP contribution < -0.4 is 10.7 Å². The van der Waals surface area contributed by atoms with Gasteiger partial charge in [0.05, 0.1) is 12.2 Å². The zero-order chi connectivity index (χ0) is 17.6. The van der Waals surface area contributed by atoms with Crippen molar-refractivity contribution in [2.75, 3.05) is 13.6 Å². The maximum atomic E-state index is 12.9. The number of carbonyl (C=O) groups is 1. The Balaban J connectivity index is 2.07. The van der Waals surface area contributed by atoms with E-state index < -0.39 is 0 Å². The number of hydrogen-bond acceptors (Lipinski definition) is 4. The summed E-state index contributed by atoms with van der Waals surface area (Å²) in [7, 11) is 1.90. The first-order valence-electron chi connectivity index (χ1n) is 8.60. The molecule has 0 spiro atoms. The fourth-order valence-electron chi connectivity index (χ4n) is 3.54. The summed E-state index contributed by atoms with van der Waals surface area (Å²) < 4.78 is 0. The minimum Gasteiger partial charge on any atom is -0.338 e. The minimum atomic E-state index is -0.0788. The molecule has 0 saturated carbocycles. The topological polar surface area (TPSA) is 47.6 Å². The molecule has 3 unspecified atom stereocenters. The van der Waals surface area contributed by atoms with Crippen LogP contribution in [0.1, 0.15) is 54.4 Å². The predicted molar refractivity (Wildman–Crippen MR) is 94.9 cm³/mol. The number of rotatable bonds is 2. The van der Waals surface area contributed by atoms with Gasteiger partial charge in [0.15, 0.2) is 0 Å². The molecule has 6 heteroatoms. The summed E-state index contributed by atoms with van der Waals surface area (Å²) in [6, 6.07) is -0.0688. The molecule has 0 aromatic carbocycles. The second-order valence-electron chi connectivity index (χ2n) is 9.11. The monoisotopic (exact) mass is 344 g/mol. The first-order chi connectivity index (χ1) is 10.4. The van der Waals surface area contributed by atoms with E-state index in [1.165, 1.54) is 0 Å². The van der Waals surface area contributed by atoms with Gasteiger partial charge in [-0.25, -0.2) is 10.4 Å². The molecule has 134 valence electrons. The van der Waals surface area contributed by atoms with Crippen LogP contribution in [0.3, 0.4) is 0 Å². The van der Waals surface area contributed by atoms with Crippen LogP contribution in [0.25, 0.3) is 0 Å². The van der Waals surface area contributed by atoms with Gasteiger partial charge in [0.25, 0.3) is 0 Å². The van der Waals surface area contributed by atoms with E-state index in [0.717, 1.165) is 13.0 Å². The number of alkyl halides is 1. The number of amides is 1. The molecule has 2 rings (SSSR count). The summed E-state index contributed by atoms with van der Waals surface area (Å²) in [5, 5.41) is 4.99. The van der Waals surface area contributed by atoms with Crippen molar-refractivity contribution in [1.82, 2.24) is 20.7 Å². The first-order valence-corrected chi connectivity index (χ1v) is 9.03. The van der Waals surface area contributed by atoms with Crippen molar-refractivity contribution in [1.29, 1.82) is 0 Å². The molecule has 2 heterocycles. The Morgan fingerprint density at radius 2 is 1.78 bits per heavy atom. The molecule has 2 aliphatic rings. The van der Waals surface area contributed by atoms with Gasteiger partial charge in [-0.2, -0.15) is 0 Å². The molecule has 2 aliphatic heterocycles. The lowest BCUT2D eigenvalue weighted by Gasteiger charge is -2.37. The fourth-order valence-corrected chi connectivity index (χ4v) is 3.78. The summed E-state index contributed by atoms with van der Waals surface area (Å²) >= 11 is 6.19. The van der Waals surface area contributed by atoms with Crippen LogP contribution in [0.5, 0.6) is 0 Å². The van der Waals surface area contributed by atoms with Crippen LogP contribution in [0.4, 0.5) is 0 Å². The summed E-state index contributed by atoms with van der Waals surface area (Å²) in [5.74, 6) is 0.640. The smallest absolute Gasteiger partial charge is 0.238 e. The third-order valence-electron chi connectivity index (χ3n) is 5.22. The van der Waals surface area contributed by atoms with E-state index in [1.807, 2.05) is 12.1 Å². The lowest BCUT2D eigenvalue weighted by molar-refractivity contribution is -0.128. The molecule has 1 amide bonds. The average Bonchev–Trinajstić information content (AvgIpc) is 2.93. The van der Waals surface area contributed by atoms with Gasteiger partial charge in [-0.15, -0.1) is 11.6 Å². The Morgan fingerprint density at radius 1 is 1.17 bits per heavy atom. The SMILES string of the molecule is CN1NC(NC(=O)[C@@H]2CC(C(C)(C)C)CN2C(C)(C)C)CC1Cl. The van der Waals surface area contributed by atoms with E-state index >= 15 is 0 Å². The highest BCUT2D eigenvalue weighted by molar-refractivity contribution is 6.20. The van der Waals surface area contributed by atoms with Crippen molar-refractivity contribution in [3.8, 4) is 0 Å². The quantitative estimate of drug-likeness (QED) is 0.596. The van der Waals surface area contributed by atoms with Crippen LogP contribution >= 0.6 is 11.6 Å². The molecule has 0 aromatic rings. The summed E-state index contributed by atoms with van der Waals surface area (Å²) in [5.41, 5.74) is 3.32. The first kappa shape index (κ1) is 19.0. The molecule has 0 bridgehead atoms. The lowest BCUT2D eigenvalue weighted by Crippen LogP contribution is -2.55. The predicted octanol–water partition coefficient (Wildman–Crippen LogP) is 2.37. The Morgan fingerprint density at radius 3 is 2.22 bits per heavy atom. The molecule has 0 aliphatic carbocycles. The Kier molecular flexibility index (Phi) is 5.37. The van der Waals surface area contributed by atoms with Crippen molar-refractivity contribution < 1.29 is 4.79 Å². The average molecular weight is 345 g/mol. The van der Waals surface area contributed by atoms with Crippen molar-refractivity contribution in [2.45, 2.75) is 77.6 Å². The van der Waals surface area contributed by atoms with Gasteiger partial charge >= 0.3 is 0 Å². The number of carbonyl (C=O) groups excluding carboxylic acids is 1. The molecule has 4 atom stereocenters. The van der Waals surface area contributed by atoms with Crippen molar-refractivity contribution in [3.05, 3.63) is 0 Å². The van der Waals surface area contributed by atoms with Gasteiger partial charge in [-0.05, 0) is 38.5 Å². The van der Waals surface area contributed by atoms with Crippen LogP contribution in [0.2, 0.25) is 0 Å². The number of nitrogens with one attached hydrogen (secondary N) is 2. The molecule has 2 fully saturated rings. The van der Waals surface area contributed by atoms with Gasteiger partial charge in [-0.3, -0.25) is 9.69 Å². The van der Waals surface area contributed by atoms with E-state index in [0.29, 0.717) is 12.3 Å². The zero-order valence-electron chi connectivity index (χ0n) is 15.6. The van der Waals surface area contributed by atoms with Gasteiger partial charge in [0, 0.05) is 25.6 Å². The maximum absolute atomic E-state index is 12.9. The van der Waals surface area contributed by atoms with Crippen LogP contribution in [-0.4, -0.2) is 52.7 Å². The van der Waals surface area contributed by atoms with Crippen molar-refractivity contribution >= 4 is 17.5 Å². The minimum absolute atomic E-state index is 0.0169. The van der Waals surface area contributed by atoms with E-state index in [9.17, 15) is 4.79 Å². The van der Waals surface area contributed by atoms with Crippen LogP contribution in [-0.2, 0) is 4.79 Å². The lowest BCUT2D eigenvalue weighted by atomic mass is 9.79. The fraction of sp³-hybridized carbons (Fsp3) is 0.941. The van der Waals surface area contributed by atoms with Crippen molar-refractivity contribution in [3.63, 3.8) is 0 Å². The Labute approximate surface area is 146 Å². The summed E-state index contributed by atoms with van der Waals surface area (Å²) in [4.78, 5) is 15.2. The van der Waals surface area contributed by atoms with Gasteiger partial charge in [0.2, 0.25) is 5.91 Å². The van der Waals surface area contributed by atoms with E-state index in [2.05, 4.69) is 57.2 Å². The number of halogens is 1. The highest BCUT2D eigenvalue weighted by Crippen LogP contribution is 2.39. The maximum Gasteiger partial charge on any atom is 0.238 e. The van der Waals surface area contributed by atoms with E-state index in [-0.39, 0.29) is 34.6 Å². The molecular formula is C17H33ClN4O. The number of likely N-dealkylation sites (tertiary alicyclic amines) is 1. The summed E-state index contributed by atoms with van der Waals surface area (Å²) in [6.07, 6.45) is 1.55. The molecular weight excluding hydrogens is 312 g/mol. The van der Waals surface area contributed by atoms with Crippen molar-refractivity contribution in [2.24, 2.45) is 11.3 Å². The largest absolute Gasteiger partial charge is 0.338 e. The van der Waals surface area contributed by atoms with E-state index in [4.69, 9.17) is 11.6 Å². The second kappa shape index (κ2) is 6.51. The highest BCUT2D eigenvalue weighted by atomic mass is 35.5. The standard InChI is InChI=1S/C17H33ClN4O/c1-16(2,3)11-8-12(22(10-11)17(4,5)6)15(23)19-14-9-13(18)21(7)20-14/h11-14,20H,8-10H2,1-7H3,(H,19,23)/t11?,12-,13?,14?/m0/s1. The zero-order valence-corrected chi connectivity index (χ0v) is 16.4. The van der Waals surface area contributed by atoms with Crippen LogP contribution in [0, 0.1) is 11.3 Å². The van der Waals surface area contributed by atoms with Gasteiger partial charge in [0.1, 0.15) is 5.50 Å².